The normalized spacial score (nSPS) is 16.1. The summed E-state index contributed by atoms with van der Waals surface area (Å²) in [5.41, 5.74) is -2.99. The third-order valence-corrected chi connectivity index (χ3v) is 7.54. The number of aryl methyl sites for hydroxylation is 1. The highest BCUT2D eigenvalue weighted by atomic mass is 35.5. The first kappa shape index (κ1) is 30.8. The van der Waals surface area contributed by atoms with Crippen molar-refractivity contribution in [3.8, 4) is 5.75 Å². The van der Waals surface area contributed by atoms with Crippen molar-refractivity contribution in [1.29, 1.82) is 0 Å². The molecular weight excluding hydrogens is 533 g/mol. The number of unbranched alkanes of at least 4 members (excludes halogenated alkanes) is 1. The zero-order chi connectivity index (χ0) is 28.8. The van der Waals surface area contributed by atoms with E-state index in [4.69, 9.17) is 16.3 Å². The van der Waals surface area contributed by atoms with E-state index in [0.29, 0.717) is 47.8 Å². The number of amides is 2. The van der Waals surface area contributed by atoms with E-state index in [0.717, 1.165) is 30.2 Å². The van der Waals surface area contributed by atoms with Crippen LogP contribution in [0.2, 0.25) is 5.02 Å². The van der Waals surface area contributed by atoms with Crippen LogP contribution in [-0.4, -0.2) is 66.7 Å². The Morgan fingerprint density at radius 3 is 2.38 bits per heavy atom. The molecule has 1 saturated heterocycles. The zero-order valence-corrected chi connectivity index (χ0v) is 23.3. The number of halogens is 4. The van der Waals surface area contributed by atoms with Gasteiger partial charge in [0.25, 0.3) is 17.4 Å². The second-order valence-electron chi connectivity index (χ2n) is 10.2. The molecule has 1 heterocycles. The number of benzene rings is 2. The number of likely N-dealkylation sites (tertiary alicyclic amines) is 1. The smallest absolute Gasteiger partial charge is 0.430 e. The van der Waals surface area contributed by atoms with Gasteiger partial charge >= 0.3 is 6.18 Å². The summed E-state index contributed by atoms with van der Waals surface area (Å²) in [7, 11) is 3.30. The molecule has 6 nitrogen and oxygen atoms in total. The Bertz CT molecular complexity index is 1150. The van der Waals surface area contributed by atoms with E-state index >= 15 is 0 Å². The quantitative estimate of drug-likeness (QED) is 0.366. The van der Waals surface area contributed by atoms with Gasteiger partial charge in [0.2, 0.25) is 0 Å². The van der Waals surface area contributed by atoms with Crippen molar-refractivity contribution >= 4 is 23.4 Å². The van der Waals surface area contributed by atoms with Crippen LogP contribution in [-0.2, 0) is 16.8 Å². The standard InChI is InChI=1S/C29H36ClF3N2O4/c1-4-20-9-7-10-22(18-20)28(38,29(31,32)33)27(37)35-15-13-21(14-16-35)8-5-6-17-39-23-11-12-24(25(30)19-23)26(36)34(2)3/h7,9-12,18-19,21,38H,4-6,8,13-17H2,1-3H3. The zero-order valence-electron chi connectivity index (χ0n) is 22.6. The minimum atomic E-state index is -5.14. The van der Waals surface area contributed by atoms with Gasteiger partial charge in [0.05, 0.1) is 17.2 Å². The van der Waals surface area contributed by atoms with Crippen molar-refractivity contribution in [2.45, 2.75) is 57.2 Å². The first-order chi connectivity index (χ1) is 18.4. The number of nitrogens with zero attached hydrogens (tertiary/aromatic N) is 2. The summed E-state index contributed by atoms with van der Waals surface area (Å²) < 4.78 is 47.9. The molecule has 2 aromatic rings. The Hall–Kier alpha value is -2.78. The Labute approximate surface area is 232 Å². The molecule has 1 aliphatic rings. The Morgan fingerprint density at radius 2 is 1.79 bits per heavy atom. The molecule has 3 rings (SSSR count). The number of hydrogen-bond acceptors (Lipinski definition) is 4. The van der Waals surface area contributed by atoms with Gasteiger partial charge in [0.1, 0.15) is 5.75 Å². The van der Waals surface area contributed by atoms with E-state index in [1.807, 2.05) is 0 Å². The minimum Gasteiger partial charge on any atom is -0.494 e. The fourth-order valence-corrected chi connectivity index (χ4v) is 5.05. The van der Waals surface area contributed by atoms with Crippen LogP contribution >= 0.6 is 11.6 Å². The van der Waals surface area contributed by atoms with Crippen LogP contribution in [0, 0.1) is 5.92 Å². The number of aliphatic hydroxyl groups is 1. The van der Waals surface area contributed by atoms with Gasteiger partial charge in [-0.15, -0.1) is 0 Å². The molecule has 39 heavy (non-hydrogen) atoms. The van der Waals surface area contributed by atoms with E-state index < -0.39 is 23.2 Å². The Morgan fingerprint density at radius 1 is 1.10 bits per heavy atom. The van der Waals surface area contributed by atoms with Gasteiger partial charge in [-0.2, -0.15) is 13.2 Å². The lowest BCUT2D eigenvalue weighted by atomic mass is 9.87. The highest BCUT2D eigenvalue weighted by molar-refractivity contribution is 6.34. The fraction of sp³-hybridized carbons (Fsp3) is 0.517. The number of hydrogen-bond donors (Lipinski definition) is 1. The molecule has 0 radical (unpaired) electrons. The van der Waals surface area contributed by atoms with E-state index in [-0.39, 0.29) is 24.9 Å². The van der Waals surface area contributed by atoms with Gasteiger partial charge < -0.3 is 19.6 Å². The number of carbonyl (C=O) groups excluding carboxylic acids is 2. The maximum atomic E-state index is 14.0. The SMILES string of the molecule is CCc1cccc(C(O)(C(=O)N2CCC(CCCCOc3ccc(C(=O)N(C)C)c(Cl)c3)CC2)C(F)(F)F)c1. The number of piperidine rings is 1. The molecule has 2 aromatic carbocycles. The van der Waals surface area contributed by atoms with Crippen LogP contribution in [0.25, 0.3) is 0 Å². The highest BCUT2D eigenvalue weighted by Crippen LogP contribution is 2.41. The third-order valence-electron chi connectivity index (χ3n) is 7.23. The van der Waals surface area contributed by atoms with E-state index in [1.165, 1.54) is 17.0 Å². The fourth-order valence-electron chi connectivity index (χ4n) is 4.80. The summed E-state index contributed by atoms with van der Waals surface area (Å²) in [4.78, 5) is 27.7. The monoisotopic (exact) mass is 568 g/mol. The van der Waals surface area contributed by atoms with Crippen LogP contribution in [0.5, 0.6) is 5.75 Å². The Balaban J connectivity index is 1.47. The molecule has 1 fully saturated rings. The van der Waals surface area contributed by atoms with Crippen LogP contribution in [0.15, 0.2) is 42.5 Å². The van der Waals surface area contributed by atoms with Crippen LogP contribution in [0.3, 0.4) is 0 Å². The maximum Gasteiger partial charge on any atom is 0.430 e. The first-order valence-electron chi connectivity index (χ1n) is 13.2. The summed E-state index contributed by atoms with van der Waals surface area (Å²) in [5, 5.41) is 11.1. The van der Waals surface area contributed by atoms with Crippen molar-refractivity contribution in [3.05, 3.63) is 64.2 Å². The predicted octanol–water partition coefficient (Wildman–Crippen LogP) is 5.84. The summed E-state index contributed by atoms with van der Waals surface area (Å²) >= 11 is 6.21. The van der Waals surface area contributed by atoms with Crippen molar-refractivity contribution in [3.63, 3.8) is 0 Å². The molecule has 1 unspecified atom stereocenters. The number of ether oxygens (including phenoxy) is 1. The van der Waals surface area contributed by atoms with Gasteiger partial charge in [0, 0.05) is 32.7 Å². The van der Waals surface area contributed by atoms with Crippen molar-refractivity contribution in [2.75, 3.05) is 33.8 Å². The highest BCUT2D eigenvalue weighted by Gasteiger charge is 2.62. The van der Waals surface area contributed by atoms with Crippen LogP contribution < -0.4 is 4.74 Å². The molecule has 214 valence electrons. The summed E-state index contributed by atoms with van der Waals surface area (Å²) in [6, 6.07) is 10.5. The molecule has 1 atom stereocenters. The summed E-state index contributed by atoms with van der Waals surface area (Å²) in [6.45, 7) is 2.60. The molecule has 10 heteroatoms. The molecule has 0 spiro atoms. The summed E-state index contributed by atoms with van der Waals surface area (Å²) in [6.07, 6.45) is -0.996. The van der Waals surface area contributed by atoms with Crippen molar-refractivity contribution in [1.82, 2.24) is 9.80 Å². The summed E-state index contributed by atoms with van der Waals surface area (Å²) in [5.74, 6) is -0.647. The lowest BCUT2D eigenvalue weighted by molar-refractivity contribution is -0.262. The van der Waals surface area contributed by atoms with E-state index in [9.17, 15) is 27.9 Å². The molecule has 0 saturated carbocycles. The molecule has 0 aromatic heterocycles. The van der Waals surface area contributed by atoms with Gasteiger partial charge in [-0.1, -0.05) is 49.2 Å². The number of alkyl halides is 3. The molecule has 2 amide bonds. The molecular formula is C29H36ClF3N2O4. The van der Waals surface area contributed by atoms with Crippen LogP contribution in [0.1, 0.15) is 60.5 Å². The van der Waals surface area contributed by atoms with Gasteiger partial charge in [-0.3, -0.25) is 9.59 Å². The topological polar surface area (TPSA) is 70.1 Å². The van der Waals surface area contributed by atoms with Crippen LogP contribution in [0.4, 0.5) is 13.2 Å². The average molecular weight is 569 g/mol. The van der Waals surface area contributed by atoms with Gasteiger partial charge in [-0.25, -0.2) is 0 Å². The van der Waals surface area contributed by atoms with E-state index in [1.54, 1.807) is 45.3 Å². The molecule has 1 aliphatic heterocycles. The lowest BCUT2D eigenvalue weighted by Gasteiger charge is -2.38. The average Bonchev–Trinajstić information content (AvgIpc) is 2.91. The Kier molecular flexibility index (Phi) is 10.3. The molecule has 0 aliphatic carbocycles. The number of rotatable bonds is 10. The first-order valence-corrected chi connectivity index (χ1v) is 13.6. The number of carbonyl (C=O) groups is 2. The largest absolute Gasteiger partial charge is 0.494 e. The lowest BCUT2D eigenvalue weighted by Crippen LogP contribution is -2.57. The van der Waals surface area contributed by atoms with Crippen molar-refractivity contribution in [2.24, 2.45) is 5.92 Å². The maximum absolute atomic E-state index is 14.0. The molecule has 1 N–H and O–H groups in total. The third kappa shape index (κ3) is 7.25. The second kappa shape index (κ2) is 13.0. The van der Waals surface area contributed by atoms with Crippen molar-refractivity contribution < 1.29 is 32.6 Å². The van der Waals surface area contributed by atoms with Gasteiger partial charge in [-0.05, 0) is 61.8 Å². The van der Waals surface area contributed by atoms with Gasteiger partial charge in [0.15, 0.2) is 0 Å². The predicted molar refractivity (Wildman–Crippen MR) is 144 cm³/mol. The minimum absolute atomic E-state index is 0.169. The van der Waals surface area contributed by atoms with E-state index in [2.05, 4.69) is 0 Å². The second-order valence-corrected chi connectivity index (χ2v) is 10.6. The molecule has 0 bridgehead atoms.